The molecule has 0 unspecified atom stereocenters. The largest absolute Gasteiger partial charge is 0.497 e. The molecule has 2 aromatic carbocycles. The van der Waals surface area contributed by atoms with Crippen LogP contribution in [0.1, 0.15) is 53.4 Å². The van der Waals surface area contributed by atoms with Gasteiger partial charge in [-0.1, -0.05) is 42.7 Å². The second kappa shape index (κ2) is 11.6. The van der Waals surface area contributed by atoms with Crippen molar-refractivity contribution in [3.8, 4) is 5.75 Å². The van der Waals surface area contributed by atoms with Crippen LogP contribution in [0.15, 0.2) is 71.3 Å². The highest BCUT2D eigenvalue weighted by molar-refractivity contribution is 6.04. The molecule has 3 aromatic rings. The quantitative estimate of drug-likeness (QED) is 0.470. The number of benzene rings is 2. The Labute approximate surface area is 210 Å². The van der Waals surface area contributed by atoms with Gasteiger partial charge in [0, 0.05) is 11.7 Å². The monoisotopic (exact) mass is 489 g/mol. The molecule has 1 atom stereocenters. The van der Waals surface area contributed by atoms with Gasteiger partial charge >= 0.3 is 0 Å². The van der Waals surface area contributed by atoms with E-state index in [1.165, 1.54) is 17.2 Å². The molecule has 0 aliphatic heterocycles. The van der Waals surface area contributed by atoms with E-state index in [4.69, 9.17) is 9.15 Å². The molecule has 188 valence electrons. The number of nitrogens with one attached hydrogen (secondary N) is 2. The number of ether oxygens (including phenoxy) is 1. The lowest BCUT2D eigenvalue weighted by Gasteiger charge is -2.32. The predicted molar refractivity (Wildman–Crippen MR) is 136 cm³/mol. The van der Waals surface area contributed by atoms with Crippen LogP contribution >= 0.6 is 0 Å². The Morgan fingerprint density at radius 3 is 2.33 bits per heavy atom. The summed E-state index contributed by atoms with van der Waals surface area (Å²) in [5.74, 6) is -0.475. The van der Waals surface area contributed by atoms with Crippen molar-refractivity contribution in [1.82, 2.24) is 10.6 Å². The van der Waals surface area contributed by atoms with Gasteiger partial charge in [0.05, 0.1) is 19.9 Å². The molecular weight excluding hydrogens is 458 g/mol. The molecule has 1 heterocycles. The highest BCUT2D eigenvalue weighted by Crippen LogP contribution is 2.30. The normalized spacial score (nSPS) is 14.2. The SMILES string of the molecule is COc1ccc(N(C(=O)CNC(=O)c2ccco2)[C@@H](C(=O)NC2CCCC2)c2ccc(C)cc2)cc1. The second-order valence-electron chi connectivity index (χ2n) is 8.92. The second-order valence-corrected chi connectivity index (χ2v) is 8.92. The summed E-state index contributed by atoms with van der Waals surface area (Å²) in [7, 11) is 1.56. The van der Waals surface area contributed by atoms with Crippen LogP contribution in [0.4, 0.5) is 5.69 Å². The zero-order valence-electron chi connectivity index (χ0n) is 20.5. The van der Waals surface area contributed by atoms with E-state index in [2.05, 4.69) is 10.6 Å². The van der Waals surface area contributed by atoms with Crippen LogP contribution in [0.5, 0.6) is 5.75 Å². The van der Waals surface area contributed by atoms with Gasteiger partial charge in [-0.2, -0.15) is 0 Å². The fourth-order valence-electron chi connectivity index (χ4n) is 4.43. The minimum absolute atomic E-state index is 0.0805. The van der Waals surface area contributed by atoms with E-state index in [-0.39, 0.29) is 24.3 Å². The molecule has 4 rings (SSSR count). The summed E-state index contributed by atoms with van der Waals surface area (Å²) in [6.07, 6.45) is 5.37. The number of aryl methyl sites for hydroxylation is 1. The van der Waals surface area contributed by atoms with Crippen LogP contribution in [0, 0.1) is 6.92 Å². The van der Waals surface area contributed by atoms with Crippen LogP contribution in [-0.2, 0) is 9.59 Å². The maximum atomic E-state index is 13.7. The van der Waals surface area contributed by atoms with Crippen LogP contribution < -0.4 is 20.3 Å². The van der Waals surface area contributed by atoms with E-state index in [0.29, 0.717) is 17.0 Å². The lowest BCUT2D eigenvalue weighted by atomic mass is 10.0. The van der Waals surface area contributed by atoms with Gasteiger partial charge in [-0.05, 0) is 61.7 Å². The van der Waals surface area contributed by atoms with Crippen LogP contribution in [-0.4, -0.2) is 37.4 Å². The Bertz CT molecular complexity index is 1170. The zero-order chi connectivity index (χ0) is 25.5. The molecule has 0 spiro atoms. The minimum Gasteiger partial charge on any atom is -0.497 e. The standard InChI is InChI=1S/C28H31N3O5/c1-19-9-11-20(12-10-19)26(28(34)30-21-6-3-4-7-21)31(22-13-15-23(35-2)16-14-22)25(32)18-29-27(33)24-8-5-17-36-24/h5,8-17,21,26H,3-4,6-7,18H2,1-2H3,(H,29,33)(H,30,34)/t26-/m1/s1. The molecule has 2 N–H and O–H groups in total. The molecule has 36 heavy (non-hydrogen) atoms. The van der Waals surface area contributed by atoms with Crippen molar-refractivity contribution in [2.45, 2.75) is 44.7 Å². The van der Waals surface area contributed by atoms with Crippen LogP contribution in [0.2, 0.25) is 0 Å². The number of methoxy groups -OCH3 is 1. The topological polar surface area (TPSA) is 101 Å². The highest BCUT2D eigenvalue weighted by atomic mass is 16.5. The number of furan rings is 1. The summed E-state index contributed by atoms with van der Waals surface area (Å²) in [5.41, 5.74) is 2.24. The number of anilines is 1. The number of hydrogen-bond acceptors (Lipinski definition) is 5. The van der Waals surface area contributed by atoms with E-state index in [9.17, 15) is 14.4 Å². The van der Waals surface area contributed by atoms with E-state index >= 15 is 0 Å². The van der Waals surface area contributed by atoms with E-state index in [1.807, 2.05) is 31.2 Å². The van der Waals surface area contributed by atoms with Crippen molar-refractivity contribution < 1.29 is 23.5 Å². The van der Waals surface area contributed by atoms with Crippen molar-refractivity contribution in [2.24, 2.45) is 0 Å². The van der Waals surface area contributed by atoms with Gasteiger partial charge in [0.15, 0.2) is 5.76 Å². The molecule has 1 aromatic heterocycles. The van der Waals surface area contributed by atoms with Crippen LogP contribution in [0.25, 0.3) is 0 Å². The predicted octanol–water partition coefficient (Wildman–Crippen LogP) is 4.16. The van der Waals surface area contributed by atoms with Gasteiger partial charge in [0.2, 0.25) is 11.8 Å². The molecule has 0 radical (unpaired) electrons. The number of carbonyl (C=O) groups excluding carboxylic acids is 3. The van der Waals surface area contributed by atoms with Crippen molar-refractivity contribution in [3.63, 3.8) is 0 Å². The first-order chi connectivity index (χ1) is 17.5. The number of hydrogen-bond donors (Lipinski definition) is 2. The third-order valence-corrected chi connectivity index (χ3v) is 6.37. The number of nitrogens with zero attached hydrogens (tertiary/aromatic N) is 1. The Balaban J connectivity index is 1.68. The Morgan fingerprint density at radius 2 is 1.72 bits per heavy atom. The van der Waals surface area contributed by atoms with Crippen molar-refractivity contribution >= 4 is 23.4 Å². The minimum atomic E-state index is -0.924. The summed E-state index contributed by atoms with van der Waals surface area (Å²) >= 11 is 0. The smallest absolute Gasteiger partial charge is 0.287 e. The van der Waals surface area contributed by atoms with Crippen molar-refractivity contribution in [1.29, 1.82) is 0 Å². The van der Waals surface area contributed by atoms with Gasteiger partial charge in [0.1, 0.15) is 11.8 Å². The first kappa shape index (κ1) is 25.0. The maximum absolute atomic E-state index is 13.7. The van der Waals surface area contributed by atoms with E-state index in [0.717, 1.165) is 31.2 Å². The van der Waals surface area contributed by atoms with Gasteiger partial charge < -0.3 is 19.8 Å². The lowest BCUT2D eigenvalue weighted by molar-refractivity contribution is -0.126. The van der Waals surface area contributed by atoms with E-state index in [1.54, 1.807) is 37.4 Å². The first-order valence-electron chi connectivity index (χ1n) is 12.1. The molecule has 1 fully saturated rings. The Kier molecular flexibility index (Phi) is 8.05. The van der Waals surface area contributed by atoms with Gasteiger partial charge in [-0.3, -0.25) is 19.3 Å². The average molecular weight is 490 g/mol. The first-order valence-corrected chi connectivity index (χ1v) is 12.1. The van der Waals surface area contributed by atoms with Crippen LogP contribution in [0.3, 0.4) is 0 Å². The molecule has 1 saturated carbocycles. The third-order valence-electron chi connectivity index (χ3n) is 6.37. The van der Waals surface area contributed by atoms with Crippen molar-refractivity contribution in [3.05, 3.63) is 83.8 Å². The summed E-state index contributed by atoms with van der Waals surface area (Å²) in [6, 6.07) is 16.8. The molecule has 0 saturated heterocycles. The summed E-state index contributed by atoms with van der Waals surface area (Å²) in [6.45, 7) is 1.65. The molecule has 1 aliphatic carbocycles. The maximum Gasteiger partial charge on any atom is 0.287 e. The Morgan fingerprint density at radius 1 is 1.03 bits per heavy atom. The van der Waals surface area contributed by atoms with Gasteiger partial charge in [-0.25, -0.2) is 0 Å². The van der Waals surface area contributed by atoms with Crippen molar-refractivity contribution in [2.75, 3.05) is 18.6 Å². The molecule has 8 nitrogen and oxygen atoms in total. The number of carbonyl (C=O) groups is 3. The highest BCUT2D eigenvalue weighted by Gasteiger charge is 2.34. The summed E-state index contributed by atoms with van der Waals surface area (Å²) in [4.78, 5) is 41.2. The summed E-state index contributed by atoms with van der Waals surface area (Å²) < 4.78 is 10.4. The fraction of sp³-hybridized carbons (Fsp3) is 0.321. The third kappa shape index (κ3) is 5.94. The molecule has 0 bridgehead atoms. The molecule has 8 heteroatoms. The van der Waals surface area contributed by atoms with Gasteiger partial charge in [-0.15, -0.1) is 0 Å². The zero-order valence-corrected chi connectivity index (χ0v) is 20.5. The molecule has 1 aliphatic rings. The summed E-state index contributed by atoms with van der Waals surface area (Å²) in [5, 5.41) is 5.75. The number of rotatable bonds is 9. The molecular formula is C28H31N3O5. The average Bonchev–Trinajstić information content (AvgIpc) is 3.61. The van der Waals surface area contributed by atoms with Gasteiger partial charge in [0.25, 0.3) is 5.91 Å². The molecule has 3 amide bonds. The number of amides is 3. The lowest BCUT2D eigenvalue weighted by Crippen LogP contribution is -2.49. The fourth-order valence-corrected chi connectivity index (χ4v) is 4.43. The van der Waals surface area contributed by atoms with E-state index < -0.39 is 17.9 Å². The Hall–Kier alpha value is -4.07.